The summed E-state index contributed by atoms with van der Waals surface area (Å²) in [6, 6.07) is 8.39. The predicted molar refractivity (Wildman–Crippen MR) is 80.5 cm³/mol. The van der Waals surface area contributed by atoms with Gasteiger partial charge in [-0.2, -0.15) is 0 Å². The molecule has 1 aromatic carbocycles. The number of hydrogen-bond acceptors (Lipinski definition) is 2. The van der Waals surface area contributed by atoms with E-state index in [1.165, 1.54) is 57.1 Å². The van der Waals surface area contributed by atoms with E-state index in [1.807, 2.05) is 0 Å². The molecule has 2 aliphatic rings. The van der Waals surface area contributed by atoms with Crippen molar-refractivity contribution in [1.29, 1.82) is 0 Å². The third kappa shape index (κ3) is 3.01. The van der Waals surface area contributed by atoms with Gasteiger partial charge in [0, 0.05) is 12.1 Å². The molecule has 104 valence electrons. The Hall–Kier alpha value is -0.860. The van der Waals surface area contributed by atoms with E-state index in [-0.39, 0.29) is 0 Å². The van der Waals surface area contributed by atoms with Crippen molar-refractivity contribution in [3.05, 3.63) is 34.9 Å². The zero-order valence-corrected chi connectivity index (χ0v) is 12.0. The molecule has 19 heavy (non-hydrogen) atoms. The molecule has 0 spiro atoms. The Morgan fingerprint density at radius 1 is 1.21 bits per heavy atom. The Bertz CT molecular complexity index is 421. The molecule has 1 aromatic rings. The normalized spacial score (nSPS) is 24.2. The van der Waals surface area contributed by atoms with Gasteiger partial charge in [-0.15, -0.1) is 0 Å². The van der Waals surface area contributed by atoms with Crippen molar-refractivity contribution >= 4 is 0 Å². The lowest BCUT2D eigenvalue weighted by Gasteiger charge is -2.23. The van der Waals surface area contributed by atoms with Crippen molar-refractivity contribution in [2.24, 2.45) is 0 Å². The van der Waals surface area contributed by atoms with Gasteiger partial charge >= 0.3 is 0 Å². The molecule has 0 amide bonds. The summed E-state index contributed by atoms with van der Waals surface area (Å²) in [5.41, 5.74) is 4.67. The van der Waals surface area contributed by atoms with Crippen molar-refractivity contribution in [2.45, 2.75) is 57.0 Å². The van der Waals surface area contributed by atoms with E-state index < -0.39 is 0 Å². The Morgan fingerprint density at radius 3 is 2.79 bits per heavy atom. The summed E-state index contributed by atoms with van der Waals surface area (Å²) in [5, 5.41) is 7.13. The Labute approximate surface area is 117 Å². The fraction of sp³-hybridized carbons (Fsp3) is 0.647. The fourth-order valence-electron chi connectivity index (χ4n) is 3.63. The molecule has 2 N–H and O–H groups in total. The van der Waals surface area contributed by atoms with Gasteiger partial charge in [0.15, 0.2) is 0 Å². The molecular formula is C17H26N2. The van der Waals surface area contributed by atoms with Crippen molar-refractivity contribution < 1.29 is 0 Å². The van der Waals surface area contributed by atoms with E-state index in [9.17, 15) is 0 Å². The first-order valence-electron chi connectivity index (χ1n) is 7.89. The largest absolute Gasteiger partial charge is 0.314 e. The second-order valence-corrected chi connectivity index (χ2v) is 6.11. The van der Waals surface area contributed by atoms with E-state index >= 15 is 0 Å². The predicted octanol–water partition coefficient (Wildman–Crippen LogP) is 2.97. The Balaban J connectivity index is 1.74. The van der Waals surface area contributed by atoms with Gasteiger partial charge in [0.1, 0.15) is 0 Å². The third-order valence-corrected chi connectivity index (χ3v) is 4.81. The summed E-state index contributed by atoms with van der Waals surface area (Å²) in [6.45, 7) is 1.20. The lowest BCUT2D eigenvalue weighted by molar-refractivity contribution is 0.453. The van der Waals surface area contributed by atoms with Crippen LogP contribution < -0.4 is 10.6 Å². The van der Waals surface area contributed by atoms with Crippen LogP contribution in [0.5, 0.6) is 0 Å². The van der Waals surface area contributed by atoms with Crippen molar-refractivity contribution in [3.63, 3.8) is 0 Å². The smallest absolute Gasteiger partial charge is 0.0332 e. The second-order valence-electron chi connectivity index (χ2n) is 6.11. The highest BCUT2D eigenvalue weighted by Gasteiger charge is 2.20. The quantitative estimate of drug-likeness (QED) is 0.867. The maximum atomic E-state index is 3.61. The van der Waals surface area contributed by atoms with Gasteiger partial charge in [0.25, 0.3) is 0 Å². The van der Waals surface area contributed by atoms with E-state index in [0.29, 0.717) is 12.1 Å². The standard InChI is InChI=1S/C17H26N2/c1-18-17(12-16-7-4-10-19-16)15-9-8-13-5-2-3-6-14(13)11-15/h8-9,11,16-19H,2-7,10,12H2,1H3. The number of benzene rings is 1. The first-order valence-corrected chi connectivity index (χ1v) is 7.89. The molecule has 2 atom stereocenters. The van der Waals surface area contributed by atoms with E-state index in [0.717, 1.165) is 0 Å². The summed E-state index contributed by atoms with van der Waals surface area (Å²) in [6.07, 6.45) is 9.19. The van der Waals surface area contributed by atoms with Gasteiger partial charge < -0.3 is 10.6 Å². The lowest BCUT2D eigenvalue weighted by Crippen LogP contribution is -2.28. The van der Waals surface area contributed by atoms with Gasteiger partial charge in [0.05, 0.1) is 0 Å². The van der Waals surface area contributed by atoms with Crippen LogP contribution in [0.25, 0.3) is 0 Å². The summed E-state index contributed by atoms with van der Waals surface area (Å²) < 4.78 is 0. The molecule has 3 rings (SSSR count). The molecule has 1 fully saturated rings. The van der Waals surface area contributed by atoms with Gasteiger partial charge in [-0.05, 0) is 75.2 Å². The van der Waals surface area contributed by atoms with Crippen molar-refractivity contribution in [2.75, 3.05) is 13.6 Å². The van der Waals surface area contributed by atoms with Crippen LogP contribution in [0.1, 0.15) is 54.8 Å². The van der Waals surface area contributed by atoms with Gasteiger partial charge in [-0.25, -0.2) is 0 Å². The maximum Gasteiger partial charge on any atom is 0.0332 e. The average Bonchev–Trinajstić information content (AvgIpc) is 2.97. The molecule has 2 nitrogen and oxygen atoms in total. The molecule has 0 aromatic heterocycles. The van der Waals surface area contributed by atoms with Crippen LogP contribution in [0.3, 0.4) is 0 Å². The monoisotopic (exact) mass is 258 g/mol. The molecule has 1 aliphatic heterocycles. The molecular weight excluding hydrogens is 232 g/mol. The van der Waals surface area contributed by atoms with Gasteiger partial charge in [-0.3, -0.25) is 0 Å². The van der Waals surface area contributed by atoms with Crippen LogP contribution in [0, 0.1) is 0 Å². The highest BCUT2D eigenvalue weighted by Crippen LogP contribution is 2.27. The summed E-state index contributed by atoms with van der Waals surface area (Å²) in [7, 11) is 2.10. The topological polar surface area (TPSA) is 24.1 Å². The molecule has 0 saturated carbocycles. The van der Waals surface area contributed by atoms with Crippen molar-refractivity contribution in [3.8, 4) is 0 Å². The van der Waals surface area contributed by atoms with Crippen LogP contribution >= 0.6 is 0 Å². The summed E-state index contributed by atoms with van der Waals surface area (Å²) in [4.78, 5) is 0. The highest BCUT2D eigenvalue weighted by atomic mass is 15.0. The second kappa shape index (κ2) is 6.06. The minimum Gasteiger partial charge on any atom is -0.314 e. The van der Waals surface area contributed by atoms with E-state index in [4.69, 9.17) is 0 Å². The molecule has 1 saturated heterocycles. The van der Waals surface area contributed by atoms with Gasteiger partial charge in [0.2, 0.25) is 0 Å². The lowest BCUT2D eigenvalue weighted by atomic mass is 9.88. The fourth-order valence-corrected chi connectivity index (χ4v) is 3.63. The van der Waals surface area contributed by atoms with Crippen molar-refractivity contribution in [1.82, 2.24) is 10.6 Å². The van der Waals surface area contributed by atoms with Crippen LogP contribution in [0.4, 0.5) is 0 Å². The Morgan fingerprint density at radius 2 is 2.05 bits per heavy atom. The molecule has 0 radical (unpaired) electrons. The molecule has 2 heteroatoms. The maximum absolute atomic E-state index is 3.61. The number of rotatable bonds is 4. The summed E-state index contributed by atoms with van der Waals surface area (Å²) in [5.74, 6) is 0. The number of nitrogens with one attached hydrogen (secondary N) is 2. The van der Waals surface area contributed by atoms with E-state index in [1.54, 1.807) is 11.1 Å². The van der Waals surface area contributed by atoms with E-state index in [2.05, 4.69) is 35.9 Å². The van der Waals surface area contributed by atoms with Crippen LogP contribution in [-0.2, 0) is 12.8 Å². The van der Waals surface area contributed by atoms with Crippen LogP contribution in [-0.4, -0.2) is 19.6 Å². The SMILES string of the molecule is CNC(CC1CCCN1)c1ccc2c(c1)CCCC2. The van der Waals surface area contributed by atoms with Gasteiger partial charge in [-0.1, -0.05) is 18.2 Å². The van der Waals surface area contributed by atoms with Crippen LogP contribution in [0.15, 0.2) is 18.2 Å². The first-order chi connectivity index (χ1) is 9.36. The number of aryl methyl sites for hydroxylation is 2. The number of fused-ring (bicyclic) bond motifs is 1. The highest BCUT2D eigenvalue weighted by molar-refractivity contribution is 5.35. The molecule has 1 heterocycles. The minimum absolute atomic E-state index is 0.503. The summed E-state index contributed by atoms with van der Waals surface area (Å²) >= 11 is 0. The zero-order chi connectivity index (χ0) is 13.1. The molecule has 0 bridgehead atoms. The Kier molecular flexibility index (Phi) is 4.19. The first kappa shape index (κ1) is 13.1. The molecule has 1 aliphatic carbocycles. The third-order valence-electron chi connectivity index (χ3n) is 4.81. The minimum atomic E-state index is 0.503. The molecule has 2 unspecified atom stereocenters. The number of hydrogen-bond donors (Lipinski definition) is 2. The zero-order valence-electron chi connectivity index (χ0n) is 12.0. The average molecular weight is 258 g/mol. The van der Waals surface area contributed by atoms with Crippen LogP contribution in [0.2, 0.25) is 0 Å².